The predicted octanol–water partition coefficient (Wildman–Crippen LogP) is 2.34. The molecule has 0 aromatic carbocycles. The highest BCUT2D eigenvalue weighted by Gasteiger charge is 2.32. The third-order valence-corrected chi connectivity index (χ3v) is 5.14. The summed E-state index contributed by atoms with van der Waals surface area (Å²) < 4.78 is 5.11. The predicted molar refractivity (Wildman–Crippen MR) is 83.2 cm³/mol. The summed E-state index contributed by atoms with van der Waals surface area (Å²) in [6.07, 6.45) is 5.10. The minimum absolute atomic E-state index is 0.00251. The Hall–Kier alpha value is -1.01. The van der Waals surface area contributed by atoms with Crippen LogP contribution in [-0.2, 0) is 10.5 Å². The molecule has 1 aromatic rings. The van der Waals surface area contributed by atoms with Crippen LogP contribution in [0, 0.1) is 13.8 Å². The minimum Gasteiger partial charge on any atom is -0.394 e. The summed E-state index contributed by atoms with van der Waals surface area (Å²) in [7, 11) is 0. The molecule has 1 aromatic heterocycles. The first-order valence-corrected chi connectivity index (χ1v) is 8.63. The largest absolute Gasteiger partial charge is 0.394 e. The molecule has 6 heteroatoms. The lowest BCUT2D eigenvalue weighted by Crippen LogP contribution is -2.53. The summed E-state index contributed by atoms with van der Waals surface area (Å²) >= 11 is 1.55. The van der Waals surface area contributed by atoms with Gasteiger partial charge in [-0.05, 0) is 26.7 Å². The van der Waals surface area contributed by atoms with Crippen LogP contribution in [0.4, 0.5) is 0 Å². The smallest absolute Gasteiger partial charge is 0.230 e. The van der Waals surface area contributed by atoms with Gasteiger partial charge in [0, 0.05) is 11.3 Å². The van der Waals surface area contributed by atoms with E-state index in [1.54, 1.807) is 11.8 Å². The van der Waals surface area contributed by atoms with Crippen LogP contribution in [0.3, 0.4) is 0 Å². The summed E-state index contributed by atoms with van der Waals surface area (Å²) in [4.78, 5) is 12.1. The van der Waals surface area contributed by atoms with E-state index < -0.39 is 0 Å². The van der Waals surface area contributed by atoms with Crippen LogP contribution in [0.1, 0.15) is 49.1 Å². The summed E-state index contributed by atoms with van der Waals surface area (Å²) in [5.74, 6) is 1.94. The SMILES string of the molecule is Cc1noc(C)c1CSCC(=O)NC1(CO)CCCCC1. The van der Waals surface area contributed by atoms with Crippen molar-refractivity contribution in [2.24, 2.45) is 0 Å². The van der Waals surface area contributed by atoms with Gasteiger partial charge in [0.05, 0.1) is 23.6 Å². The Kier molecular flexibility index (Phi) is 5.70. The Morgan fingerprint density at radius 3 is 2.67 bits per heavy atom. The Morgan fingerprint density at radius 2 is 2.10 bits per heavy atom. The first kappa shape index (κ1) is 16.4. The first-order chi connectivity index (χ1) is 10.1. The maximum absolute atomic E-state index is 12.1. The number of hydrogen-bond acceptors (Lipinski definition) is 5. The molecule has 118 valence electrons. The van der Waals surface area contributed by atoms with Gasteiger partial charge in [-0.2, -0.15) is 0 Å². The molecule has 1 heterocycles. The van der Waals surface area contributed by atoms with Crippen molar-refractivity contribution in [2.75, 3.05) is 12.4 Å². The molecular formula is C15H24N2O3S. The lowest BCUT2D eigenvalue weighted by Gasteiger charge is -2.36. The second kappa shape index (κ2) is 7.31. The highest BCUT2D eigenvalue weighted by atomic mass is 32.2. The van der Waals surface area contributed by atoms with Gasteiger partial charge in [-0.3, -0.25) is 4.79 Å². The molecule has 0 aliphatic heterocycles. The number of nitrogens with one attached hydrogen (secondary N) is 1. The monoisotopic (exact) mass is 312 g/mol. The fourth-order valence-corrected chi connectivity index (χ4v) is 3.81. The fourth-order valence-electron chi connectivity index (χ4n) is 2.84. The van der Waals surface area contributed by atoms with Crippen molar-refractivity contribution in [3.05, 3.63) is 17.0 Å². The zero-order chi connectivity index (χ0) is 15.3. The van der Waals surface area contributed by atoms with E-state index in [4.69, 9.17) is 4.52 Å². The first-order valence-electron chi connectivity index (χ1n) is 7.48. The Balaban J connectivity index is 1.79. The molecule has 1 fully saturated rings. The number of aliphatic hydroxyl groups excluding tert-OH is 1. The standard InChI is InChI=1S/C15H24N2O3S/c1-11-13(12(2)20-17-11)8-21-9-14(19)16-15(10-18)6-4-3-5-7-15/h18H,3-10H2,1-2H3,(H,16,19). The van der Waals surface area contributed by atoms with E-state index in [2.05, 4.69) is 10.5 Å². The van der Waals surface area contributed by atoms with Gasteiger partial charge >= 0.3 is 0 Å². The highest BCUT2D eigenvalue weighted by molar-refractivity contribution is 7.99. The van der Waals surface area contributed by atoms with Crippen LogP contribution in [0.15, 0.2) is 4.52 Å². The van der Waals surface area contributed by atoms with E-state index in [1.165, 1.54) is 6.42 Å². The molecule has 1 amide bonds. The number of amides is 1. The molecule has 0 bridgehead atoms. The number of carbonyl (C=O) groups excluding carboxylic acids is 1. The highest BCUT2D eigenvalue weighted by Crippen LogP contribution is 2.28. The number of carbonyl (C=O) groups is 1. The summed E-state index contributed by atoms with van der Waals surface area (Å²) in [6.45, 7) is 3.83. The second-order valence-electron chi connectivity index (χ2n) is 5.84. The van der Waals surface area contributed by atoms with Gasteiger partial charge in [-0.1, -0.05) is 24.4 Å². The third-order valence-electron chi connectivity index (χ3n) is 4.18. The number of aromatic nitrogens is 1. The maximum Gasteiger partial charge on any atom is 0.230 e. The topological polar surface area (TPSA) is 75.4 Å². The average Bonchev–Trinajstić information content (AvgIpc) is 2.80. The van der Waals surface area contributed by atoms with E-state index >= 15 is 0 Å². The molecule has 21 heavy (non-hydrogen) atoms. The normalized spacial score (nSPS) is 17.7. The molecule has 2 rings (SSSR count). The zero-order valence-corrected chi connectivity index (χ0v) is 13.6. The Bertz CT molecular complexity index is 462. The van der Waals surface area contributed by atoms with E-state index in [1.807, 2.05) is 13.8 Å². The van der Waals surface area contributed by atoms with Crippen molar-refractivity contribution in [1.29, 1.82) is 0 Å². The second-order valence-corrected chi connectivity index (χ2v) is 6.83. The van der Waals surface area contributed by atoms with Gasteiger partial charge in [-0.15, -0.1) is 11.8 Å². The van der Waals surface area contributed by atoms with Crippen LogP contribution in [0.25, 0.3) is 0 Å². The van der Waals surface area contributed by atoms with Crippen LogP contribution in [-0.4, -0.2) is 34.1 Å². The van der Waals surface area contributed by atoms with Crippen molar-refractivity contribution < 1.29 is 14.4 Å². The van der Waals surface area contributed by atoms with Gasteiger partial charge in [-0.25, -0.2) is 0 Å². The third kappa shape index (κ3) is 4.23. The van der Waals surface area contributed by atoms with Gasteiger partial charge < -0.3 is 14.9 Å². The van der Waals surface area contributed by atoms with E-state index in [0.717, 1.165) is 48.5 Å². The number of nitrogens with zero attached hydrogens (tertiary/aromatic N) is 1. The lowest BCUT2D eigenvalue weighted by molar-refractivity contribution is -0.121. The minimum atomic E-state index is -0.390. The molecule has 0 unspecified atom stereocenters. The molecule has 5 nitrogen and oxygen atoms in total. The lowest BCUT2D eigenvalue weighted by atomic mass is 9.82. The number of aliphatic hydroxyl groups is 1. The van der Waals surface area contributed by atoms with Gasteiger partial charge in [0.2, 0.25) is 5.91 Å². The molecule has 1 aliphatic carbocycles. The zero-order valence-electron chi connectivity index (χ0n) is 12.8. The molecule has 0 saturated heterocycles. The van der Waals surface area contributed by atoms with Crippen LogP contribution >= 0.6 is 11.8 Å². The van der Waals surface area contributed by atoms with Crippen LogP contribution < -0.4 is 5.32 Å². The average molecular weight is 312 g/mol. The molecule has 1 saturated carbocycles. The van der Waals surface area contributed by atoms with Crippen LogP contribution in [0.5, 0.6) is 0 Å². The number of hydrogen-bond donors (Lipinski definition) is 2. The van der Waals surface area contributed by atoms with Crippen molar-refractivity contribution >= 4 is 17.7 Å². The maximum atomic E-state index is 12.1. The van der Waals surface area contributed by atoms with Crippen molar-refractivity contribution in [2.45, 2.75) is 57.2 Å². The van der Waals surface area contributed by atoms with Crippen molar-refractivity contribution in [3.8, 4) is 0 Å². The molecular weight excluding hydrogens is 288 g/mol. The van der Waals surface area contributed by atoms with Crippen molar-refractivity contribution in [1.82, 2.24) is 10.5 Å². The summed E-state index contributed by atoms with van der Waals surface area (Å²) in [5.41, 5.74) is 1.57. The fraction of sp³-hybridized carbons (Fsp3) is 0.733. The number of aryl methyl sites for hydroxylation is 2. The van der Waals surface area contributed by atoms with Gasteiger partial charge in [0.25, 0.3) is 0 Å². The summed E-state index contributed by atoms with van der Waals surface area (Å²) in [6, 6.07) is 0. The molecule has 1 aliphatic rings. The van der Waals surface area contributed by atoms with E-state index in [0.29, 0.717) is 5.75 Å². The van der Waals surface area contributed by atoms with Gasteiger partial charge in [0.1, 0.15) is 5.76 Å². The Labute approximate surface area is 129 Å². The number of thioether (sulfide) groups is 1. The quantitative estimate of drug-likeness (QED) is 0.843. The molecule has 0 radical (unpaired) electrons. The molecule has 0 atom stereocenters. The van der Waals surface area contributed by atoms with E-state index in [-0.39, 0.29) is 18.1 Å². The Morgan fingerprint density at radius 1 is 1.38 bits per heavy atom. The molecule has 2 N–H and O–H groups in total. The van der Waals surface area contributed by atoms with Crippen molar-refractivity contribution in [3.63, 3.8) is 0 Å². The molecule has 0 spiro atoms. The van der Waals surface area contributed by atoms with Crippen LogP contribution in [0.2, 0.25) is 0 Å². The number of rotatable bonds is 6. The van der Waals surface area contributed by atoms with Gasteiger partial charge in [0.15, 0.2) is 0 Å². The van der Waals surface area contributed by atoms with E-state index in [9.17, 15) is 9.90 Å². The summed E-state index contributed by atoms with van der Waals surface area (Å²) in [5, 5.41) is 16.5.